The van der Waals surface area contributed by atoms with Crippen LogP contribution in [0.5, 0.6) is 0 Å². The van der Waals surface area contributed by atoms with Crippen molar-refractivity contribution in [3.05, 3.63) is 23.8 Å². The number of hydrogen-bond donors (Lipinski definition) is 4. The highest BCUT2D eigenvalue weighted by Gasteiger charge is 2.40. The van der Waals surface area contributed by atoms with E-state index < -0.39 is 53.1 Å². The highest BCUT2D eigenvalue weighted by molar-refractivity contribution is 6.12. The molecule has 0 aliphatic carbocycles. The van der Waals surface area contributed by atoms with Crippen molar-refractivity contribution in [1.82, 2.24) is 30.7 Å². The molecule has 0 aromatic heterocycles. The van der Waals surface area contributed by atoms with Crippen molar-refractivity contribution >= 4 is 41.4 Å². The van der Waals surface area contributed by atoms with Crippen molar-refractivity contribution in [3.63, 3.8) is 0 Å². The van der Waals surface area contributed by atoms with Gasteiger partial charge < -0.3 is 26.0 Å². The van der Waals surface area contributed by atoms with E-state index in [0.717, 1.165) is 42.9 Å². The molecule has 0 unspecified atom stereocenters. The first-order valence-corrected chi connectivity index (χ1v) is 17.1. The fourth-order valence-electron chi connectivity index (χ4n) is 6.03. The predicted octanol–water partition coefficient (Wildman–Crippen LogP) is 1.60. The molecule has 49 heavy (non-hydrogen) atoms. The smallest absolute Gasteiger partial charge is 0.326 e. The zero-order valence-corrected chi connectivity index (χ0v) is 30.5. The molecular formula is C35H56N6O8. The molecule has 6 amide bonds. The summed E-state index contributed by atoms with van der Waals surface area (Å²) >= 11 is 0. The van der Waals surface area contributed by atoms with Crippen LogP contribution < -0.4 is 16.0 Å². The van der Waals surface area contributed by atoms with E-state index in [1.165, 1.54) is 11.8 Å². The molecule has 0 spiro atoms. The van der Waals surface area contributed by atoms with E-state index in [1.54, 1.807) is 13.1 Å². The van der Waals surface area contributed by atoms with E-state index >= 15 is 0 Å². The summed E-state index contributed by atoms with van der Waals surface area (Å²) in [6, 6.07) is -2.88. The maximum atomic E-state index is 14.0. The van der Waals surface area contributed by atoms with Crippen molar-refractivity contribution in [2.24, 2.45) is 11.3 Å². The number of likely N-dealkylation sites (tertiary alicyclic amines) is 1. The molecule has 2 aliphatic rings. The predicted molar refractivity (Wildman–Crippen MR) is 184 cm³/mol. The van der Waals surface area contributed by atoms with Gasteiger partial charge in [0, 0.05) is 50.3 Å². The van der Waals surface area contributed by atoms with Crippen LogP contribution in [0.1, 0.15) is 87.5 Å². The molecular weight excluding hydrogens is 632 g/mol. The van der Waals surface area contributed by atoms with Crippen LogP contribution in [0.3, 0.4) is 0 Å². The maximum absolute atomic E-state index is 14.0. The first-order valence-electron chi connectivity index (χ1n) is 17.1. The van der Waals surface area contributed by atoms with Crippen LogP contribution in [0.2, 0.25) is 0 Å². The molecule has 0 aromatic rings. The maximum Gasteiger partial charge on any atom is 0.326 e. The van der Waals surface area contributed by atoms with Gasteiger partial charge in [-0.05, 0) is 57.9 Å². The molecule has 2 aliphatic heterocycles. The fraction of sp³-hybridized carbons (Fsp3) is 0.686. The van der Waals surface area contributed by atoms with E-state index in [2.05, 4.69) is 34.7 Å². The Morgan fingerprint density at radius 3 is 2.16 bits per heavy atom. The Labute approximate surface area is 290 Å². The van der Waals surface area contributed by atoms with Crippen LogP contribution >= 0.6 is 0 Å². The highest BCUT2D eigenvalue weighted by atomic mass is 16.4. The van der Waals surface area contributed by atoms with Crippen molar-refractivity contribution < 1.29 is 38.7 Å². The number of hydrogen-bond acceptors (Lipinski definition) is 8. The first-order chi connectivity index (χ1) is 22.8. The Kier molecular flexibility index (Phi) is 15.2. The minimum atomic E-state index is -1.37. The summed E-state index contributed by atoms with van der Waals surface area (Å²) in [6.07, 6.45) is 6.16. The molecule has 2 rings (SSSR count). The number of carboxylic acids is 1. The van der Waals surface area contributed by atoms with E-state index in [1.807, 2.05) is 34.6 Å². The Bertz CT molecular complexity index is 1300. The van der Waals surface area contributed by atoms with Gasteiger partial charge in [-0.3, -0.25) is 38.6 Å². The lowest BCUT2D eigenvalue weighted by atomic mass is 9.84. The van der Waals surface area contributed by atoms with Gasteiger partial charge in [0.1, 0.15) is 12.1 Å². The summed E-state index contributed by atoms with van der Waals surface area (Å²) in [4.78, 5) is 92.9. The van der Waals surface area contributed by atoms with Crippen molar-refractivity contribution in [1.29, 1.82) is 0 Å². The lowest BCUT2D eigenvalue weighted by molar-refractivity contribution is -0.142. The molecule has 0 radical (unpaired) electrons. The number of nitrogens with zero attached hydrogens (tertiary/aromatic N) is 3. The summed E-state index contributed by atoms with van der Waals surface area (Å²) in [6.45, 7) is 15.9. The number of aliphatic carboxylic acids is 1. The number of likely N-dealkylation sites (N-methyl/N-ethyl adjacent to an activating group) is 1. The summed E-state index contributed by atoms with van der Waals surface area (Å²) in [5.41, 5.74) is -0.425. The van der Waals surface area contributed by atoms with Gasteiger partial charge >= 0.3 is 5.97 Å². The zero-order valence-electron chi connectivity index (χ0n) is 30.5. The summed E-state index contributed by atoms with van der Waals surface area (Å²) in [5, 5.41) is 17.8. The van der Waals surface area contributed by atoms with Gasteiger partial charge in [0.2, 0.25) is 23.6 Å². The Morgan fingerprint density at radius 2 is 1.63 bits per heavy atom. The van der Waals surface area contributed by atoms with Gasteiger partial charge in [0.25, 0.3) is 11.8 Å². The molecule has 0 bridgehead atoms. The van der Waals surface area contributed by atoms with Gasteiger partial charge in [-0.15, -0.1) is 0 Å². The third-order valence-electron chi connectivity index (χ3n) is 8.99. The number of carboxylic acid groups (broad SMARTS) is 1. The standard InChI is InChI=1S/C35H56N6O8/c1-21(2)26(39(9)33(47)30(35(6,7)8)38-32(46)25-12-10-11-18-40(25)22(3)4)20-23(5)31(45)37-24(34(48)49)13-14-27(42)36-17-19-41-28(43)15-16-29(41)44/h15-16,20-22,24-26,30H,10-14,17-19H2,1-9H3,(H,36,42)(H,37,45)(H,38,46)(H,48,49)/b23-20+/t24-,25-,26-,30-/m1/s1. The topological polar surface area (TPSA) is 186 Å². The van der Waals surface area contributed by atoms with E-state index in [9.17, 15) is 38.7 Å². The number of imide groups is 1. The number of piperidine rings is 1. The SMILES string of the molecule is C/C(=C\[C@H](C(C)C)N(C)C(=O)[C@@H](NC(=O)[C@H]1CCCCN1C(C)C)C(C)(C)C)C(=O)N[C@H](CCC(=O)NCCN1C(=O)C=CC1=O)C(=O)O. The van der Waals surface area contributed by atoms with Crippen LogP contribution in [-0.2, 0) is 33.6 Å². The number of carbonyl (C=O) groups is 7. The molecule has 14 nitrogen and oxygen atoms in total. The summed E-state index contributed by atoms with van der Waals surface area (Å²) in [5.74, 6) is -4.04. The van der Waals surface area contributed by atoms with Gasteiger partial charge in [0.15, 0.2) is 0 Å². The average Bonchev–Trinajstić information content (AvgIpc) is 3.34. The van der Waals surface area contributed by atoms with Crippen LogP contribution in [0.25, 0.3) is 0 Å². The second-order valence-corrected chi connectivity index (χ2v) is 14.6. The molecule has 1 saturated heterocycles. The normalized spacial score (nSPS) is 19.1. The van der Waals surface area contributed by atoms with Gasteiger partial charge in [-0.1, -0.05) is 47.1 Å². The molecule has 2 heterocycles. The molecule has 4 atom stereocenters. The Morgan fingerprint density at radius 1 is 1.02 bits per heavy atom. The lowest BCUT2D eigenvalue weighted by Crippen LogP contribution is -2.60. The van der Waals surface area contributed by atoms with E-state index in [4.69, 9.17) is 0 Å². The second-order valence-electron chi connectivity index (χ2n) is 14.6. The molecule has 0 aromatic carbocycles. The van der Waals surface area contributed by atoms with Gasteiger partial charge in [-0.25, -0.2) is 4.79 Å². The zero-order chi connectivity index (χ0) is 37.2. The minimum Gasteiger partial charge on any atom is -0.480 e. The average molecular weight is 689 g/mol. The summed E-state index contributed by atoms with van der Waals surface area (Å²) in [7, 11) is 1.63. The van der Waals surface area contributed by atoms with Gasteiger partial charge in [0.05, 0.1) is 12.1 Å². The fourth-order valence-corrected chi connectivity index (χ4v) is 6.03. The van der Waals surface area contributed by atoms with Crippen LogP contribution in [-0.4, -0.2) is 118 Å². The molecule has 274 valence electrons. The minimum absolute atomic E-state index is 0.00346. The highest BCUT2D eigenvalue weighted by Crippen LogP contribution is 2.26. The third-order valence-corrected chi connectivity index (χ3v) is 8.99. The van der Waals surface area contributed by atoms with Crippen molar-refractivity contribution in [2.75, 3.05) is 26.7 Å². The number of rotatable bonds is 16. The first kappa shape index (κ1) is 41.1. The molecule has 0 saturated carbocycles. The monoisotopic (exact) mass is 688 g/mol. The van der Waals surface area contributed by atoms with E-state index in [-0.39, 0.29) is 61.3 Å². The lowest BCUT2D eigenvalue weighted by Gasteiger charge is -2.41. The quantitative estimate of drug-likeness (QED) is 0.138. The number of nitrogens with one attached hydrogen (secondary N) is 3. The number of amides is 6. The van der Waals surface area contributed by atoms with Crippen LogP contribution in [0.4, 0.5) is 0 Å². The van der Waals surface area contributed by atoms with Crippen molar-refractivity contribution in [3.8, 4) is 0 Å². The Balaban J connectivity index is 2.08. The van der Waals surface area contributed by atoms with Crippen molar-refractivity contribution in [2.45, 2.75) is 118 Å². The van der Waals surface area contributed by atoms with Crippen LogP contribution in [0, 0.1) is 11.3 Å². The summed E-state index contributed by atoms with van der Waals surface area (Å²) < 4.78 is 0. The second kappa shape index (κ2) is 18.1. The largest absolute Gasteiger partial charge is 0.480 e. The number of carbonyl (C=O) groups excluding carboxylic acids is 6. The molecule has 14 heteroatoms. The third kappa shape index (κ3) is 11.8. The molecule has 1 fully saturated rings. The van der Waals surface area contributed by atoms with E-state index in [0.29, 0.717) is 0 Å². The Hall–Kier alpha value is -4.07. The van der Waals surface area contributed by atoms with Gasteiger partial charge in [-0.2, -0.15) is 0 Å². The van der Waals surface area contributed by atoms with Crippen LogP contribution in [0.15, 0.2) is 23.8 Å². The molecule has 4 N–H and O–H groups in total.